The van der Waals surface area contributed by atoms with Crippen LogP contribution in [0.25, 0.3) is 0 Å². The molecule has 0 spiro atoms. The number of hydrogen-bond acceptors (Lipinski definition) is 5. The van der Waals surface area contributed by atoms with Gasteiger partial charge in [0.1, 0.15) is 11.6 Å². The van der Waals surface area contributed by atoms with Crippen molar-refractivity contribution in [1.82, 2.24) is 5.32 Å². The van der Waals surface area contributed by atoms with Gasteiger partial charge in [-0.2, -0.15) is 0 Å². The van der Waals surface area contributed by atoms with Crippen molar-refractivity contribution in [1.29, 1.82) is 0 Å². The van der Waals surface area contributed by atoms with Gasteiger partial charge in [0.15, 0.2) is 0 Å². The first-order chi connectivity index (χ1) is 16.9. The summed E-state index contributed by atoms with van der Waals surface area (Å²) in [7, 11) is 0. The largest absolute Gasteiger partial charge is 0.368 e. The van der Waals surface area contributed by atoms with Gasteiger partial charge >= 0.3 is 0 Å². The molecular weight excluding hydrogens is 454 g/mol. The molecule has 0 unspecified atom stereocenters. The number of nitrogens with one attached hydrogen (secondary N) is 1. The highest BCUT2D eigenvalue weighted by Crippen LogP contribution is 2.38. The predicted octanol–water partition coefficient (Wildman–Crippen LogP) is 4.06. The first-order valence-corrected chi connectivity index (χ1v) is 11.5. The maximum Gasteiger partial charge on any atom is 0.269 e. The van der Waals surface area contributed by atoms with E-state index in [0.717, 1.165) is 16.9 Å². The summed E-state index contributed by atoms with van der Waals surface area (Å²) in [6.07, 6.45) is 0.332. The Labute approximate surface area is 201 Å². The molecule has 3 aromatic carbocycles. The van der Waals surface area contributed by atoms with Crippen molar-refractivity contribution in [2.75, 3.05) is 29.4 Å². The van der Waals surface area contributed by atoms with Crippen LogP contribution in [0.4, 0.5) is 25.8 Å². The number of carbonyl (C=O) groups is 1. The van der Waals surface area contributed by atoms with Gasteiger partial charge in [-0.3, -0.25) is 14.9 Å². The van der Waals surface area contributed by atoms with E-state index in [9.17, 15) is 23.7 Å². The lowest BCUT2D eigenvalue weighted by atomic mass is 9.83. The van der Waals surface area contributed by atoms with Crippen LogP contribution < -0.4 is 15.1 Å². The van der Waals surface area contributed by atoms with Crippen LogP contribution >= 0.6 is 0 Å². The maximum atomic E-state index is 14.1. The number of nitro benzene ring substituents is 1. The highest BCUT2D eigenvalue weighted by atomic mass is 19.1. The summed E-state index contributed by atoms with van der Waals surface area (Å²) in [5.74, 6) is -1.44. The number of nitro groups is 1. The summed E-state index contributed by atoms with van der Waals surface area (Å²) < 4.78 is 27.5. The molecule has 1 N–H and O–H groups in total. The van der Waals surface area contributed by atoms with E-state index in [-0.39, 0.29) is 35.8 Å². The quantitative estimate of drug-likeness (QED) is 0.442. The van der Waals surface area contributed by atoms with Gasteiger partial charge in [-0.15, -0.1) is 0 Å². The van der Waals surface area contributed by atoms with Crippen molar-refractivity contribution in [2.45, 2.75) is 19.0 Å². The fraction of sp³-hybridized carbons (Fsp3) is 0.269. The van der Waals surface area contributed by atoms with E-state index in [1.54, 1.807) is 36.4 Å². The summed E-state index contributed by atoms with van der Waals surface area (Å²) >= 11 is 0. The Bertz CT molecular complexity index is 1270. The van der Waals surface area contributed by atoms with E-state index < -0.39 is 10.8 Å². The summed E-state index contributed by atoms with van der Waals surface area (Å²) in [5, 5.41) is 14.2. The van der Waals surface area contributed by atoms with Crippen molar-refractivity contribution in [3.63, 3.8) is 0 Å². The third-order valence-electron chi connectivity index (χ3n) is 6.85. The molecule has 0 aliphatic carbocycles. The standard InChI is InChI=1S/C26H24F2N4O3/c27-19-5-7-20(8-6-19)30-11-12-31-24-10-9-21(32(34)35)13-18(24)14-22(25(31)16-30)26(33)29-15-17-3-1-2-4-23(17)28/h1-10,13,22,25H,11-12,14-16H2,(H,29,33)/t22-,25-/m1/s1. The van der Waals surface area contributed by atoms with Gasteiger partial charge in [0, 0.05) is 55.2 Å². The average Bonchev–Trinajstić information content (AvgIpc) is 2.87. The van der Waals surface area contributed by atoms with Gasteiger partial charge in [0.05, 0.1) is 16.9 Å². The Morgan fingerprint density at radius 3 is 2.57 bits per heavy atom. The van der Waals surface area contributed by atoms with Gasteiger partial charge in [0.2, 0.25) is 5.91 Å². The smallest absolute Gasteiger partial charge is 0.269 e. The third kappa shape index (κ3) is 4.53. The van der Waals surface area contributed by atoms with E-state index in [0.29, 0.717) is 31.6 Å². The summed E-state index contributed by atoms with van der Waals surface area (Å²) in [6, 6.07) is 17.1. The normalized spacial score (nSPS) is 19.0. The molecule has 35 heavy (non-hydrogen) atoms. The molecule has 0 aromatic heterocycles. The molecule has 7 nitrogen and oxygen atoms in total. The van der Waals surface area contributed by atoms with Crippen molar-refractivity contribution in [3.8, 4) is 0 Å². The molecule has 1 fully saturated rings. The van der Waals surface area contributed by atoms with Crippen LogP contribution in [0.15, 0.2) is 66.7 Å². The van der Waals surface area contributed by atoms with Crippen LogP contribution in [0.3, 0.4) is 0 Å². The molecule has 2 heterocycles. The SMILES string of the molecule is O=C(NCc1ccccc1F)[C@@H]1Cc2cc([N+](=O)[O-])ccc2N2CCN(c3ccc(F)cc3)C[C@H]12. The first-order valence-electron chi connectivity index (χ1n) is 11.5. The number of amides is 1. The van der Waals surface area contributed by atoms with E-state index in [4.69, 9.17) is 0 Å². The molecule has 2 aliphatic rings. The average molecular weight is 478 g/mol. The number of hydrogen-bond donors (Lipinski definition) is 1. The lowest BCUT2D eigenvalue weighted by molar-refractivity contribution is -0.384. The number of halogens is 2. The zero-order chi connectivity index (χ0) is 24.5. The topological polar surface area (TPSA) is 78.7 Å². The number of anilines is 2. The lowest BCUT2D eigenvalue weighted by Gasteiger charge is -2.49. The van der Waals surface area contributed by atoms with Gasteiger partial charge in [-0.05, 0) is 48.4 Å². The van der Waals surface area contributed by atoms with Crippen molar-refractivity contribution in [3.05, 3.63) is 99.6 Å². The summed E-state index contributed by atoms with van der Waals surface area (Å²) in [5.41, 5.74) is 2.87. The van der Waals surface area contributed by atoms with E-state index in [1.165, 1.54) is 30.3 Å². The fourth-order valence-corrected chi connectivity index (χ4v) is 5.06. The van der Waals surface area contributed by atoms with Crippen LogP contribution in [-0.2, 0) is 17.8 Å². The Morgan fingerprint density at radius 2 is 1.83 bits per heavy atom. The second kappa shape index (κ2) is 9.32. The zero-order valence-electron chi connectivity index (χ0n) is 18.9. The Hall–Kier alpha value is -4.01. The van der Waals surface area contributed by atoms with Gasteiger partial charge in [0.25, 0.3) is 5.69 Å². The molecule has 2 aliphatic heterocycles. The Morgan fingerprint density at radius 1 is 1.06 bits per heavy atom. The number of carbonyl (C=O) groups excluding carboxylic acids is 1. The van der Waals surface area contributed by atoms with Crippen molar-refractivity contribution >= 4 is 23.0 Å². The van der Waals surface area contributed by atoms with Crippen LogP contribution in [0.2, 0.25) is 0 Å². The maximum absolute atomic E-state index is 14.1. The number of fused-ring (bicyclic) bond motifs is 3. The predicted molar refractivity (Wildman–Crippen MR) is 128 cm³/mol. The lowest BCUT2D eigenvalue weighted by Crippen LogP contribution is -2.61. The second-order valence-electron chi connectivity index (χ2n) is 8.87. The fourth-order valence-electron chi connectivity index (χ4n) is 5.06. The molecule has 0 bridgehead atoms. The molecule has 180 valence electrons. The first kappa shape index (κ1) is 22.8. The van der Waals surface area contributed by atoms with Crippen LogP contribution in [0, 0.1) is 27.7 Å². The van der Waals surface area contributed by atoms with Crippen molar-refractivity contribution < 1.29 is 18.5 Å². The zero-order valence-corrected chi connectivity index (χ0v) is 18.9. The molecule has 3 aromatic rings. The molecule has 1 saturated heterocycles. The highest BCUT2D eigenvalue weighted by molar-refractivity contribution is 5.82. The molecule has 0 radical (unpaired) electrons. The van der Waals surface area contributed by atoms with Crippen LogP contribution in [0.5, 0.6) is 0 Å². The van der Waals surface area contributed by atoms with Gasteiger partial charge in [-0.25, -0.2) is 8.78 Å². The number of non-ortho nitro benzene ring substituents is 1. The van der Waals surface area contributed by atoms with Gasteiger partial charge < -0.3 is 15.1 Å². The molecule has 2 atom stereocenters. The second-order valence-corrected chi connectivity index (χ2v) is 8.87. The third-order valence-corrected chi connectivity index (χ3v) is 6.85. The molecule has 5 rings (SSSR count). The molecule has 1 amide bonds. The molecule has 0 saturated carbocycles. The van der Waals surface area contributed by atoms with Gasteiger partial charge in [-0.1, -0.05) is 18.2 Å². The minimum absolute atomic E-state index is 0.0161. The molecular formula is C26H24F2N4O3. The number of rotatable bonds is 5. The van der Waals surface area contributed by atoms with E-state index >= 15 is 0 Å². The number of piperazine rings is 1. The number of benzene rings is 3. The van der Waals surface area contributed by atoms with E-state index in [1.807, 2.05) is 0 Å². The Kier molecular flexibility index (Phi) is 6.07. The summed E-state index contributed by atoms with van der Waals surface area (Å²) in [6.45, 7) is 1.84. The number of nitrogens with zero attached hydrogens (tertiary/aromatic N) is 3. The van der Waals surface area contributed by atoms with Crippen LogP contribution in [0.1, 0.15) is 11.1 Å². The Balaban J connectivity index is 1.43. The summed E-state index contributed by atoms with van der Waals surface area (Å²) in [4.78, 5) is 28.6. The van der Waals surface area contributed by atoms with E-state index in [2.05, 4.69) is 15.1 Å². The van der Waals surface area contributed by atoms with Crippen LogP contribution in [-0.4, -0.2) is 36.5 Å². The highest BCUT2D eigenvalue weighted by Gasteiger charge is 2.42. The minimum atomic E-state index is -0.500. The van der Waals surface area contributed by atoms with Crippen molar-refractivity contribution in [2.24, 2.45) is 5.92 Å². The molecule has 9 heteroatoms. The monoisotopic (exact) mass is 478 g/mol. The minimum Gasteiger partial charge on any atom is -0.368 e.